The van der Waals surface area contributed by atoms with E-state index in [4.69, 9.17) is 14.3 Å². The van der Waals surface area contributed by atoms with Crippen molar-refractivity contribution in [3.63, 3.8) is 0 Å². The van der Waals surface area contributed by atoms with E-state index >= 15 is 0 Å². The molecule has 1 N–H and O–H groups in total. The van der Waals surface area contributed by atoms with Gasteiger partial charge in [-0.1, -0.05) is 36.9 Å². The number of halogens is 2. The van der Waals surface area contributed by atoms with Gasteiger partial charge in [-0.25, -0.2) is 27.5 Å². The van der Waals surface area contributed by atoms with Gasteiger partial charge in [-0.2, -0.15) is 4.31 Å². The van der Waals surface area contributed by atoms with Crippen molar-refractivity contribution in [1.29, 1.82) is 0 Å². The molecule has 3 rings (SSSR count). The maximum atomic E-state index is 14.1. The number of amides is 1. The molecule has 1 fully saturated rings. The normalized spacial score (nSPS) is 16.9. The van der Waals surface area contributed by atoms with Gasteiger partial charge < -0.3 is 9.47 Å². The molecule has 36 heavy (non-hydrogen) atoms. The second-order valence-electron chi connectivity index (χ2n) is 8.16. The van der Waals surface area contributed by atoms with E-state index in [1.807, 2.05) is 0 Å². The molecule has 196 valence electrons. The minimum atomic E-state index is -4.32. The maximum absolute atomic E-state index is 14.1. The first-order chi connectivity index (χ1) is 17.3. The predicted molar refractivity (Wildman–Crippen MR) is 129 cm³/mol. The van der Waals surface area contributed by atoms with E-state index in [1.54, 1.807) is 30.3 Å². The molecule has 2 atom stereocenters. The van der Waals surface area contributed by atoms with E-state index in [2.05, 4.69) is 12.1 Å². The molecule has 0 aromatic heterocycles. The lowest BCUT2D eigenvalue weighted by atomic mass is 10.1. The summed E-state index contributed by atoms with van der Waals surface area (Å²) >= 11 is 0. The molecule has 2 aromatic carbocycles. The van der Waals surface area contributed by atoms with Crippen molar-refractivity contribution in [3.05, 3.63) is 72.6 Å². The molecule has 1 saturated heterocycles. The molecule has 11 heteroatoms. The highest BCUT2D eigenvalue weighted by atomic mass is 32.2. The summed E-state index contributed by atoms with van der Waals surface area (Å²) in [5.74, 6) is -1.44. The summed E-state index contributed by atoms with van der Waals surface area (Å²) in [4.78, 5) is 18.3. The summed E-state index contributed by atoms with van der Waals surface area (Å²) in [6.07, 6.45) is 1.03. The minimum absolute atomic E-state index is 0.148. The molecular formula is C25H30F2N2O6S. The first-order valence-electron chi connectivity index (χ1n) is 11.6. The molecule has 0 spiro atoms. The van der Waals surface area contributed by atoms with Crippen LogP contribution in [0.2, 0.25) is 0 Å². The van der Waals surface area contributed by atoms with Gasteiger partial charge in [0.25, 0.3) is 5.91 Å². The Balaban J connectivity index is 1.91. The molecule has 1 heterocycles. The summed E-state index contributed by atoms with van der Waals surface area (Å²) in [7, 11) is -4.32. The van der Waals surface area contributed by atoms with Crippen molar-refractivity contribution < 1.29 is 36.3 Å². The fourth-order valence-electron chi connectivity index (χ4n) is 3.66. The number of hydrogen-bond acceptors (Lipinski definition) is 6. The Morgan fingerprint density at radius 1 is 1.17 bits per heavy atom. The van der Waals surface area contributed by atoms with E-state index in [0.29, 0.717) is 18.6 Å². The Kier molecular flexibility index (Phi) is 10.4. The lowest BCUT2D eigenvalue weighted by Gasteiger charge is -2.30. The number of alkyl halides is 1. The van der Waals surface area contributed by atoms with Crippen LogP contribution in [0.15, 0.2) is 71.9 Å². The smallest absolute Gasteiger partial charge is 0.262 e. The lowest BCUT2D eigenvalue weighted by Crippen LogP contribution is -2.50. The largest absolute Gasteiger partial charge is 0.491 e. The summed E-state index contributed by atoms with van der Waals surface area (Å²) < 4.78 is 65.4. The van der Waals surface area contributed by atoms with Crippen molar-refractivity contribution in [2.24, 2.45) is 0 Å². The highest BCUT2D eigenvalue weighted by molar-refractivity contribution is 7.89. The van der Waals surface area contributed by atoms with Crippen LogP contribution < -0.4 is 10.2 Å². The van der Waals surface area contributed by atoms with Gasteiger partial charge in [0.05, 0.1) is 10.7 Å². The Morgan fingerprint density at radius 3 is 2.50 bits per heavy atom. The summed E-state index contributed by atoms with van der Waals surface area (Å²) in [6, 6.07) is 12.4. The van der Waals surface area contributed by atoms with E-state index in [1.165, 1.54) is 24.3 Å². The maximum Gasteiger partial charge on any atom is 0.262 e. The molecule has 0 bridgehead atoms. The molecule has 1 amide bonds. The third kappa shape index (κ3) is 7.82. The van der Waals surface area contributed by atoms with Crippen molar-refractivity contribution >= 4 is 15.9 Å². The fraction of sp³-hybridized carbons (Fsp3) is 0.400. The second kappa shape index (κ2) is 13.4. The van der Waals surface area contributed by atoms with Gasteiger partial charge in [-0.15, -0.1) is 0 Å². The number of sulfonamides is 1. The number of ether oxygens (including phenoxy) is 2. The number of nitrogens with one attached hydrogen (secondary N) is 1. The molecule has 0 saturated carbocycles. The van der Waals surface area contributed by atoms with Gasteiger partial charge in [0.15, 0.2) is 6.29 Å². The Labute approximate surface area is 209 Å². The van der Waals surface area contributed by atoms with E-state index in [0.717, 1.165) is 17.1 Å². The molecule has 1 unspecified atom stereocenters. The van der Waals surface area contributed by atoms with E-state index < -0.39 is 47.2 Å². The molecular weight excluding hydrogens is 494 g/mol. The number of hydroxylamine groups is 1. The SMILES string of the molecule is C=C(F)C[C@H](C(=O)NOC1CCCCO1)N(Cc1ccccc1)S(=O)(=O)c1ccc(OCCF)cc1. The van der Waals surface area contributed by atoms with Crippen molar-refractivity contribution in [2.75, 3.05) is 19.9 Å². The van der Waals surface area contributed by atoms with Crippen LogP contribution in [-0.2, 0) is 30.9 Å². The summed E-state index contributed by atoms with van der Waals surface area (Å²) in [5.41, 5.74) is 2.83. The zero-order valence-electron chi connectivity index (χ0n) is 19.8. The van der Waals surface area contributed by atoms with E-state index in [-0.39, 0.29) is 23.8 Å². The van der Waals surface area contributed by atoms with Crippen LogP contribution in [0.5, 0.6) is 5.75 Å². The molecule has 8 nitrogen and oxygen atoms in total. The van der Waals surface area contributed by atoms with Gasteiger partial charge in [-0.3, -0.25) is 4.79 Å². The standard InChI is InChI=1S/C25H30F2N2O6S/c1-19(27)17-23(25(30)28-35-24-9-5-6-15-34-24)29(18-20-7-3-2-4-8-20)36(31,32)22-12-10-21(11-13-22)33-16-14-26/h2-4,7-8,10-13,23-24H,1,5-6,9,14-18H2,(H,28,30)/t23-,24?/m1/s1. The monoisotopic (exact) mass is 524 g/mol. The predicted octanol–water partition coefficient (Wildman–Crippen LogP) is 4.04. The molecule has 1 aliphatic heterocycles. The zero-order valence-corrected chi connectivity index (χ0v) is 20.6. The van der Waals surface area contributed by atoms with Crippen molar-refractivity contribution in [2.45, 2.75) is 49.5 Å². The number of carbonyl (C=O) groups is 1. The minimum Gasteiger partial charge on any atom is -0.491 e. The van der Waals surface area contributed by atoms with Crippen LogP contribution in [0.1, 0.15) is 31.2 Å². The number of rotatable bonds is 13. The van der Waals surface area contributed by atoms with Crippen LogP contribution >= 0.6 is 0 Å². The van der Waals surface area contributed by atoms with Crippen LogP contribution in [0.25, 0.3) is 0 Å². The second-order valence-corrected chi connectivity index (χ2v) is 10.1. The third-order valence-corrected chi connectivity index (χ3v) is 7.32. The van der Waals surface area contributed by atoms with Crippen molar-refractivity contribution in [3.8, 4) is 5.75 Å². The topological polar surface area (TPSA) is 94.2 Å². The number of hydrogen-bond donors (Lipinski definition) is 1. The van der Waals surface area contributed by atoms with Gasteiger partial charge in [-0.05, 0) is 42.7 Å². The first kappa shape index (κ1) is 27.7. The quantitative estimate of drug-likeness (QED) is 0.398. The molecule has 2 aromatic rings. The molecule has 0 radical (unpaired) electrons. The fourth-order valence-corrected chi connectivity index (χ4v) is 5.23. The first-order valence-corrected chi connectivity index (χ1v) is 13.0. The van der Waals surface area contributed by atoms with Crippen LogP contribution in [0, 0.1) is 0 Å². The summed E-state index contributed by atoms with van der Waals surface area (Å²) in [5, 5.41) is 0. The van der Waals surface area contributed by atoms with Gasteiger partial charge in [0.1, 0.15) is 25.1 Å². The number of benzene rings is 2. The van der Waals surface area contributed by atoms with Gasteiger partial charge >= 0.3 is 0 Å². The van der Waals surface area contributed by atoms with Crippen LogP contribution in [0.3, 0.4) is 0 Å². The highest BCUT2D eigenvalue weighted by Crippen LogP contribution is 2.26. The van der Waals surface area contributed by atoms with Crippen LogP contribution in [-0.4, -0.2) is 50.9 Å². The van der Waals surface area contributed by atoms with Gasteiger partial charge in [0, 0.05) is 26.0 Å². The Bertz CT molecular complexity index is 1090. The zero-order chi connectivity index (χ0) is 26.0. The van der Waals surface area contributed by atoms with Crippen LogP contribution in [0.4, 0.5) is 8.78 Å². The van der Waals surface area contributed by atoms with Crippen molar-refractivity contribution in [1.82, 2.24) is 9.79 Å². The average Bonchev–Trinajstić information content (AvgIpc) is 2.89. The summed E-state index contributed by atoms with van der Waals surface area (Å²) in [6.45, 7) is 2.63. The Hall–Kier alpha value is -2.86. The van der Waals surface area contributed by atoms with E-state index in [9.17, 15) is 22.0 Å². The average molecular weight is 525 g/mol. The third-order valence-electron chi connectivity index (χ3n) is 5.45. The van der Waals surface area contributed by atoms with Gasteiger partial charge in [0.2, 0.25) is 10.0 Å². The molecule has 1 aliphatic rings. The number of carbonyl (C=O) groups excluding carboxylic acids is 1. The Morgan fingerprint density at radius 2 is 1.89 bits per heavy atom. The molecule has 0 aliphatic carbocycles. The highest BCUT2D eigenvalue weighted by Gasteiger charge is 2.37. The lowest BCUT2D eigenvalue weighted by molar-refractivity contribution is -0.202. The number of nitrogens with zero attached hydrogens (tertiary/aromatic N) is 1.